The van der Waals surface area contributed by atoms with Gasteiger partial charge in [0.05, 0.1) is 5.92 Å². The molecule has 0 aromatic heterocycles. The highest BCUT2D eigenvalue weighted by molar-refractivity contribution is 6.01. The van der Waals surface area contributed by atoms with Crippen LogP contribution in [0.1, 0.15) is 34.6 Å². The fraction of sp³-hybridized carbons (Fsp3) is 0.818. The molecular weight excluding hydrogens is 206 g/mol. The minimum atomic E-state index is -0.597. The van der Waals surface area contributed by atoms with Gasteiger partial charge in [0.15, 0.2) is 5.84 Å². The Morgan fingerprint density at radius 3 is 2.12 bits per heavy atom. The lowest BCUT2D eigenvalue weighted by Crippen LogP contribution is -2.47. The molecule has 1 amide bonds. The van der Waals surface area contributed by atoms with Gasteiger partial charge in [-0.3, -0.25) is 4.79 Å². The minimum Gasteiger partial charge on any atom is -0.409 e. The number of amides is 1. The van der Waals surface area contributed by atoms with E-state index in [4.69, 9.17) is 10.9 Å². The molecule has 5 nitrogen and oxygen atoms in total. The molecule has 0 aliphatic carbocycles. The average molecular weight is 229 g/mol. The highest BCUT2D eigenvalue weighted by Gasteiger charge is 2.30. The van der Waals surface area contributed by atoms with Crippen molar-refractivity contribution >= 4 is 11.7 Å². The van der Waals surface area contributed by atoms with E-state index in [1.165, 1.54) is 0 Å². The number of nitrogens with two attached hydrogens (primary N) is 1. The largest absolute Gasteiger partial charge is 0.409 e. The van der Waals surface area contributed by atoms with Gasteiger partial charge in [0.2, 0.25) is 5.91 Å². The maximum absolute atomic E-state index is 12.0. The van der Waals surface area contributed by atoms with Gasteiger partial charge < -0.3 is 15.8 Å². The first-order valence-electron chi connectivity index (χ1n) is 5.37. The summed E-state index contributed by atoms with van der Waals surface area (Å²) in [4.78, 5) is 13.6. The molecule has 0 bridgehead atoms. The Morgan fingerprint density at radius 2 is 1.81 bits per heavy atom. The number of carbonyl (C=O) groups is 1. The Labute approximate surface area is 97.3 Å². The first-order valence-corrected chi connectivity index (χ1v) is 5.37. The van der Waals surface area contributed by atoms with E-state index in [1.54, 1.807) is 18.9 Å². The lowest BCUT2D eigenvalue weighted by atomic mass is 9.86. The number of hydrogen-bond acceptors (Lipinski definition) is 3. The van der Waals surface area contributed by atoms with Crippen LogP contribution in [0.3, 0.4) is 0 Å². The number of oxime groups is 1. The summed E-state index contributed by atoms with van der Waals surface area (Å²) in [5.41, 5.74) is 5.41. The zero-order valence-electron chi connectivity index (χ0n) is 11.0. The van der Waals surface area contributed by atoms with Crippen LogP contribution in [0.15, 0.2) is 5.16 Å². The lowest BCUT2D eigenvalue weighted by Gasteiger charge is -2.36. The standard InChI is InChI=1S/C11H23N3O2/c1-7(9(12)13-16)10(15)14(6)8(2)11(3,4)5/h7-8,16H,1-6H3,(H2,12,13). The van der Waals surface area contributed by atoms with Gasteiger partial charge in [-0.15, -0.1) is 0 Å². The van der Waals surface area contributed by atoms with Crippen molar-refractivity contribution in [3.05, 3.63) is 0 Å². The summed E-state index contributed by atoms with van der Waals surface area (Å²) < 4.78 is 0. The topological polar surface area (TPSA) is 78.9 Å². The van der Waals surface area contributed by atoms with Gasteiger partial charge in [0.1, 0.15) is 0 Å². The summed E-state index contributed by atoms with van der Waals surface area (Å²) in [5.74, 6) is -0.796. The summed E-state index contributed by atoms with van der Waals surface area (Å²) >= 11 is 0. The van der Waals surface area contributed by atoms with Crippen LogP contribution in [0.25, 0.3) is 0 Å². The first-order chi connectivity index (χ1) is 7.12. The monoisotopic (exact) mass is 229 g/mol. The molecule has 0 aromatic carbocycles. The van der Waals surface area contributed by atoms with Crippen LogP contribution >= 0.6 is 0 Å². The zero-order chi connectivity index (χ0) is 13.1. The van der Waals surface area contributed by atoms with Gasteiger partial charge in [-0.1, -0.05) is 25.9 Å². The Balaban J connectivity index is 4.75. The summed E-state index contributed by atoms with van der Waals surface area (Å²) in [6, 6.07) is 0.0777. The molecule has 2 unspecified atom stereocenters. The van der Waals surface area contributed by atoms with Crippen molar-refractivity contribution in [3.8, 4) is 0 Å². The number of hydrogen-bond donors (Lipinski definition) is 2. The average Bonchev–Trinajstić information content (AvgIpc) is 2.22. The maximum atomic E-state index is 12.0. The van der Waals surface area contributed by atoms with Crippen LogP contribution < -0.4 is 5.73 Å². The van der Waals surface area contributed by atoms with Crippen LogP contribution in [-0.2, 0) is 4.79 Å². The normalized spacial score (nSPS) is 16.8. The Kier molecular flexibility index (Phi) is 4.78. The van der Waals surface area contributed by atoms with Gasteiger partial charge in [-0.05, 0) is 19.3 Å². The summed E-state index contributed by atoms with van der Waals surface area (Å²) in [5, 5.41) is 11.4. The molecule has 0 heterocycles. The Bertz CT molecular complexity index is 281. The van der Waals surface area contributed by atoms with Crippen molar-refractivity contribution in [3.63, 3.8) is 0 Å². The van der Waals surface area contributed by atoms with Crippen molar-refractivity contribution < 1.29 is 10.0 Å². The van der Waals surface area contributed by atoms with Crippen molar-refractivity contribution in [2.45, 2.75) is 40.7 Å². The summed E-state index contributed by atoms with van der Waals surface area (Å²) in [7, 11) is 1.74. The van der Waals surface area contributed by atoms with Crippen molar-refractivity contribution in [1.82, 2.24) is 4.90 Å². The first kappa shape index (κ1) is 14.7. The van der Waals surface area contributed by atoms with Crippen LogP contribution in [0.2, 0.25) is 0 Å². The molecule has 0 spiro atoms. The van der Waals surface area contributed by atoms with E-state index in [0.29, 0.717) is 0 Å². The van der Waals surface area contributed by atoms with E-state index >= 15 is 0 Å². The number of amidine groups is 1. The molecule has 0 aliphatic rings. The third-order valence-corrected chi connectivity index (χ3v) is 3.11. The third kappa shape index (κ3) is 3.40. The van der Waals surface area contributed by atoms with Gasteiger partial charge in [0.25, 0.3) is 0 Å². The Morgan fingerprint density at radius 1 is 1.38 bits per heavy atom. The van der Waals surface area contributed by atoms with Gasteiger partial charge in [-0.25, -0.2) is 0 Å². The highest BCUT2D eigenvalue weighted by Crippen LogP contribution is 2.24. The molecule has 5 heteroatoms. The second-order valence-corrected chi connectivity index (χ2v) is 5.24. The van der Waals surface area contributed by atoms with Crippen LogP contribution in [0.4, 0.5) is 0 Å². The quantitative estimate of drug-likeness (QED) is 0.331. The van der Waals surface area contributed by atoms with Gasteiger partial charge >= 0.3 is 0 Å². The van der Waals surface area contributed by atoms with Crippen molar-refractivity contribution in [2.75, 3.05) is 7.05 Å². The Hall–Kier alpha value is -1.26. The summed E-state index contributed by atoms with van der Waals surface area (Å²) in [6.45, 7) is 9.81. The number of rotatable bonds is 3. The zero-order valence-corrected chi connectivity index (χ0v) is 11.0. The third-order valence-electron chi connectivity index (χ3n) is 3.11. The van der Waals surface area contributed by atoms with Crippen molar-refractivity contribution in [1.29, 1.82) is 0 Å². The molecule has 0 aromatic rings. The molecule has 3 N–H and O–H groups in total. The number of carbonyl (C=O) groups excluding carboxylic acids is 1. The maximum Gasteiger partial charge on any atom is 0.233 e. The van der Waals surface area contributed by atoms with Crippen LogP contribution in [0.5, 0.6) is 0 Å². The SMILES string of the molecule is CC(C(=O)N(C)C(C)C(C)(C)C)C(N)=NO. The molecule has 0 saturated heterocycles. The van der Waals surface area contributed by atoms with E-state index in [1.807, 2.05) is 6.92 Å². The predicted octanol–water partition coefficient (Wildman–Crippen LogP) is 1.26. The molecule has 0 saturated carbocycles. The van der Waals surface area contributed by atoms with Gasteiger partial charge in [-0.2, -0.15) is 0 Å². The molecule has 2 atom stereocenters. The van der Waals surface area contributed by atoms with E-state index in [2.05, 4.69) is 25.9 Å². The van der Waals surface area contributed by atoms with Crippen LogP contribution in [0, 0.1) is 11.3 Å². The van der Waals surface area contributed by atoms with Crippen molar-refractivity contribution in [2.24, 2.45) is 22.2 Å². The fourth-order valence-corrected chi connectivity index (χ4v) is 1.29. The second-order valence-electron chi connectivity index (χ2n) is 5.24. The van der Waals surface area contributed by atoms with Crippen LogP contribution in [-0.4, -0.2) is 34.9 Å². The number of nitrogens with zero attached hydrogens (tertiary/aromatic N) is 2. The van der Waals surface area contributed by atoms with E-state index in [-0.39, 0.29) is 23.2 Å². The van der Waals surface area contributed by atoms with E-state index in [0.717, 1.165) is 0 Å². The molecule has 0 rings (SSSR count). The fourth-order valence-electron chi connectivity index (χ4n) is 1.29. The predicted molar refractivity (Wildman–Crippen MR) is 64.3 cm³/mol. The smallest absolute Gasteiger partial charge is 0.233 e. The molecule has 16 heavy (non-hydrogen) atoms. The minimum absolute atomic E-state index is 0.00471. The van der Waals surface area contributed by atoms with E-state index in [9.17, 15) is 4.79 Å². The molecule has 0 aliphatic heterocycles. The summed E-state index contributed by atoms with van der Waals surface area (Å²) in [6.07, 6.45) is 0. The van der Waals surface area contributed by atoms with Gasteiger partial charge in [0, 0.05) is 13.1 Å². The van der Waals surface area contributed by atoms with E-state index < -0.39 is 5.92 Å². The molecule has 0 radical (unpaired) electrons. The molecular formula is C11H23N3O2. The second kappa shape index (κ2) is 5.18. The molecule has 0 fully saturated rings. The molecule has 94 valence electrons. The lowest BCUT2D eigenvalue weighted by molar-refractivity contribution is -0.135. The highest BCUT2D eigenvalue weighted by atomic mass is 16.4.